The van der Waals surface area contributed by atoms with Gasteiger partial charge in [0, 0.05) is 32.9 Å². The van der Waals surface area contributed by atoms with Gasteiger partial charge >= 0.3 is 0 Å². The number of halogens is 2. The number of morpholine rings is 1. The number of guanidine groups is 1. The van der Waals surface area contributed by atoms with Crippen LogP contribution in [0.5, 0.6) is 5.75 Å². The van der Waals surface area contributed by atoms with Crippen molar-refractivity contribution in [1.29, 1.82) is 0 Å². The van der Waals surface area contributed by atoms with Gasteiger partial charge in [0.05, 0.1) is 19.3 Å². The molecular weight excluding hydrogens is 512 g/mol. The molecule has 2 heterocycles. The molecule has 1 aliphatic heterocycles. The Balaban J connectivity index is 0.00000341. The van der Waals surface area contributed by atoms with E-state index in [0.717, 1.165) is 31.1 Å². The number of aromatic nitrogens is 1. The zero-order valence-corrected chi connectivity index (χ0v) is 20.5. The van der Waals surface area contributed by atoms with Gasteiger partial charge in [-0.05, 0) is 49.7 Å². The van der Waals surface area contributed by atoms with Gasteiger partial charge in [-0.15, -0.1) is 24.0 Å². The van der Waals surface area contributed by atoms with Crippen molar-refractivity contribution in [3.05, 3.63) is 54.0 Å². The number of hydrogen-bond acceptors (Lipinski definition) is 5. The van der Waals surface area contributed by atoms with Gasteiger partial charge in [-0.25, -0.2) is 9.37 Å². The Labute approximate surface area is 200 Å². The Hall–Kier alpha value is -2.14. The van der Waals surface area contributed by atoms with E-state index in [1.54, 1.807) is 19.2 Å². The van der Waals surface area contributed by atoms with Gasteiger partial charge in [-0.1, -0.05) is 6.07 Å². The van der Waals surface area contributed by atoms with Crippen molar-refractivity contribution in [3.8, 4) is 5.75 Å². The van der Waals surface area contributed by atoms with E-state index in [1.165, 1.54) is 12.1 Å². The first-order chi connectivity index (χ1) is 14.5. The topological polar surface area (TPSA) is 71.0 Å². The first kappa shape index (κ1) is 25.1. The molecule has 0 radical (unpaired) electrons. The molecule has 31 heavy (non-hydrogen) atoms. The molecule has 0 spiro atoms. The molecular formula is C22H31FIN5O2. The lowest BCUT2D eigenvalue weighted by Crippen LogP contribution is -2.42. The summed E-state index contributed by atoms with van der Waals surface area (Å²) < 4.78 is 24.3. The predicted molar refractivity (Wildman–Crippen MR) is 132 cm³/mol. The Kier molecular flexibility index (Phi) is 10.3. The van der Waals surface area contributed by atoms with Crippen LogP contribution in [0, 0.1) is 5.82 Å². The molecule has 7 nitrogen and oxygen atoms in total. The molecule has 1 aliphatic rings. The van der Waals surface area contributed by atoms with Crippen LogP contribution in [0.1, 0.15) is 19.4 Å². The van der Waals surface area contributed by atoms with E-state index >= 15 is 0 Å². The molecule has 0 saturated carbocycles. The van der Waals surface area contributed by atoms with Crippen molar-refractivity contribution in [3.63, 3.8) is 0 Å². The molecule has 3 rings (SSSR count). The fraction of sp³-hybridized carbons (Fsp3) is 0.455. The van der Waals surface area contributed by atoms with E-state index < -0.39 is 0 Å². The number of ether oxygens (including phenoxy) is 2. The van der Waals surface area contributed by atoms with E-state index in [-0.39, 0.29) is 42.0 Å². The summed E-state index contributed by atoms with van der Waals surface area (Å²) in [6.45, 7) is 7.65. The maximum Gasteiger partial charge on any atom is 0.191 e. The van der Waals surface area contributed by atoms with E-state index in [0.29, 0.717) is 24.8 Å². The zero-order chi connectivity index (χ0) is 21.3. The summed E-state index contributed by atoms with van der Waals surface area (Å²) in [7, 11) is 1.72. The van der Waals surface area contributed by atoms with Crippen molar-refractivity contribution in [1.82, 2.24) is 15.6 Å². The molecule has 2 atom stereocenters. The van der Waals surface area contributed by atoms with Crippen molar-refractivity contribution < 1.29 is 13.9 Å². The smallest absolute Gasteiger partial charge is 0.191 e. The Morgan fingerprint density at radius 2 is 2.06 bits per heavy atom. The molecule has 1 fully saturated rings. The van der Waals surface area contributed by atoms with Crippen LogP contribution in [-0.2, 0) is 11.3 Å². The van der Waals surface area contributed by atoms with Crippen LogP contribution in [0.25, 0.3) is 0 Å². The zero-order valence-electron chi connectivity index (χ0n) is 18.2. The lowest BCUT2D eigenvalue weighted by atomic mass is 10.2. The summed E-state index contributed by atoms with van der Waals surface area (Å²) in [5, 5.41) is 6.51. The number of pyridine rings is 1. The van der Waals surface area contributed by atoms with E-state index in [2.05, 4.69) is 38.5 Å². The average Bonchev–Trinajstić information content (AvgIpc) is 2.76. The lowest BCUT2D eigenvalue weighted by molar-refractivity contribution is 0.0529. The van der Waals surface area contributed by atoms with Gasteiger partial charge in [0.1, 0.15) is 23.5 Å². The van der Waals surface area contributed by atoms with Crippen LogP contribution in [0.4, 0.5) is 10.2 Å². The Bertz CT molecular complexity index is 820. The first-order valence-electron chi connectivity index (χ1n) is 10.2. The SMILES string of the molecule is CN=C(NCc1ccc(N2CCOC(C)C2)nc1)NCC(C)Oc1ccc(F)cc1.I. The van der Waals surface area contributed by atoms with Gasteiger partial charge in [0.15, 0.2) is 5.96 Å². The number of aliphatic imine (C=N–C) groups is 1. The molecule has 0 aliphatic carbocycles. The maximum atomic E-state index is 13.0. The van der Waals surface area contributed by atoms with Crippen LogP contribution < -0.4 is 20.3 Å². The number of hydrogen-bond donors (Lipinski definition) is 2. The van der Waals surface area contributed by atoms with Gasteiger partial charge in [0.25, 0.3) is 0 Å². The second-order valence-corrected chi connectivity index (χ2v) is 7.34. The summed E-state index contributed by atoms with van der Waals surface area (Å²) in [5.41, 5.74) is 1.07. The summed E-state index contributed by atoms with van der Waals surface area (Å²) in [4.78, 5) is 11.1. The summed E-state index contributed by atoms with van der Waals surface area (Å²) in [6.07, 6.45) is 2.01. The highest BCUT2D eigenvalue weighted by atomic mass is 127. The van der Waals surface area contributed by atoms with Crippen LogP contribution in [-0.4, -0.2) is 56.4 Å². The first-order valence-corrected chi connectivity index (χ1v) is 10.2. The fourth-order valence-corrected chi connectivity index (χ4v) is 3.17. The van der Waals surface area contributed by atoms with Crippen molar-refractivity contribution in [2.75, 3.05) is 38.2 Å². The summed E-state index contributed by atoms with van der Waals surface area (Å²) in [5.74, 6) is 2.01. The molecule has 170 valence electrons. The molecule has 0 bridgehead atoms. The second-order valence-electron chi connectivity index (χ2n) is 7.34. The highest BCUT2D eigenvalue weighted by Gasteiger charge is 2.17. The van der Waals surface area contributed by atoms with E-state index in [1.807, 2.05) is 19.2 Å². The van der Waals surface area contributed by atoms with Crippen LogP contribution in [0.3, 0.4) is 0 Å². The standard InChI is InChI=1S/C22H30FN5O2.HI/c1-16(30-20-7-5-19(23)6-8-20)12-26-22(24-3)27-14-18-4-9-21(25-13-18)28-10-11-29-17(2)15-28;/h4-9,13,16-17H,10-12,14-15H2,1-3H3,(H2,24,26,27);1H. The number of benzene rings is 1. The largest absolute Gasteiger partial charge is 0.489 e. The monoisotopic (exact) mass is 543 g/mol. The third-order valence-electron chi connectivity index (χ3n) is 4.77. The molecule has 2 aromatic rings. The summed E-state index contributed by atoms with van der Waals surface area (Å²) >= 11 is 0. The van der Waals surface area contributed by atoms with Crippen LogP contribution in [0.2, 0.25) is 0 Å². The maximum absolute atomic E-state index is 13.0. The number of nitrogens with zero attached hydrogens (tertiary/aromatic N) is 3. The summed E-state index contributed by atoms with van der Waals surface area (Å²) in [6, 6.07) is 10.1. The Morgan fingerprint density at radius 3 is 2.71 bits per heavy atom. The minimum absolute atomic E-state index is 0. The van der Waals surface area contributed by atoms with Gasteiger partial charge in [-0.2, -0.15) is 0 Å². The predicted octanol–water partition coefficient (Wildman–Crippen LogP) is 3.20. The molecule has 2 unspecified atom stereocenters. The fourth-order valence-electron chi connectivity index (χ4n) is 3.17. The molecule has 1 aromatic carbocycles. The van der Waals surface area contributed by atoms with Crippen LogP contribution >= 0.6 is 24.0 Å². The number of rotatable bonds is 7. The van der Waals surface area contributed by atoms with E-state index in [9.17, 15) is 4.39 Å². The minimum Gasteiger partial charge on any atom is -0.489 e. The van der Waals surface area contributed by atoms with Crippen molar-refractivity contribution in [2.45, 2.75) is 32.6 Å². The molecule has 0 amide bonds. The van der Waals surface area contributed by atoms with Crippen LogP contribution in [0.15, 0.2) is 47.6 Å². The Morgan fingerprint density at radius 1 is 1.29 bits per heavy atom. The van der Waals surface area contributed by atoms with Gasteiger partial charge in [0.2, 0.25) is 0 Å². The molecule has 2 N–H and O–H groups in total. The third-order valence-corrected chi connectivity index (χ3v) is 4.77. The molecule has 1 saturated heterocycles. The third kappa shape index (κ3) is 8.13. The number of nitrogens with one attached hydrogen (secondary N) is 2. The second kappa shape index (κ2) is 12.7. The average molecular weight is 543 g/mol. The van der Waals surface area contributed by atoms with Gasteiger partial charge < -0.3 is 25.0 Å². The normalized spacial score (nSPS) is 17.5. The van der Waals surface area contributed by atoms with E-state index in [4.69, 9.17) is 9.47 Å². The van der Waals surface area contributed by atoms with Gasteiger partial charge in [-0.3, -0.25) is 4.99 Å². The molecule has 9 heteroatoms. The minimum atomic E-state index is -0.278. The lowest BCUT2D eigenvalue weighted by Gasteiger charge is -2.32. The van der Waals surface area contributed by atoms with Crippen molar-refractivity contribution in [2.24, 2.45) is 4.99 Å². The number of anilines is 1. The highest BCUT2D eigenvalue weighted by molar-refractivity contribution is 14.0. The van der Waals surface area contributed by atoms with Crippen molar-refractivity contribution >= 4 is 35.8 Å². The quantitative estimate of drug-likeness (QED) is 0.318. The molecule has 1 aromatic heterocycles. The highest BCUT2D eigenvalue weighted by Crippen LogP contribution is 2.15.